The van der Waals surface area contributed by atoms with Crippen molar-refractivity contribution in [3.05, 3.63) is 24.0 Å². The van der Waals surface area contributed by atoms with E-state index in [9.17, 15) is 14.0 Å². The number of nitrogens with one attached hydrogen (secondary N) is 1. The Labute approximate surface area is 134 Å². The van der Waals surface area contributed by atoms with Gasteiger partial charge in [0.15, 0.2) is 0 Å². The largest absolute Gasteiger partial charge is 0.373 e. The second-order valence-corrected chi connectivity index (χ2v) is 5.95. The highest BCUT2D eigenvalue weighted by molar-refractivity contribution is 6.01. The Morgan fingerprint density at radius 3 is 2.74 bits per heavy atom. The number of carbonyl (C=O) groups is 2. The first-order chi connectivity index (χ1) is 11.1. The van der Waals surface area contributed by atoms with E-state index in [1.807, 2.05) is 7.05 Å². The van der Waals surface area contributed by atoms with Crippen LogP contribution in [0.3, 0.4) is 0 Å². The molecule has 3 amide bonds. The van der Waals surface area contributed by atoms with Crippen LogP contribution in [0.25, 0.3) is 0 Å². The summed E-state index contributed by atoms with van der Waals surface area (Å²) in [6, 6.07) is 4.52. The van der Waals surface area contributed by atoms with Crippen molar-refractivity contribution in [2.75, 3.05) is 49.6 Å². The van der Waals surface area contributed by atoms with Crippen LogP contribution in [0.5, 0.6) is 0 Å². The Balaban J connectivity index is 1.68. The second-order valence-electron chi connectivity index (χ2n) is 5.95. The van der Waals surface area contributed by atoms with Crippen LogP contribution in [0.15, 0.2) is 18.2 Å². The summed E-state index contributed by atoms with van der Waals surface area (Å²) in [5.41, 5.74) is 1.89. The molecule has 1 N–H and O–H groups in total. The number of rotatable bonds is 4. The van der Waals surface area contributed by atoms with Gasteiger partial charge >= 0.3 is 6.03 Å². The van der Waals surface area contributed by atoms with Crippen molar-refractivity contribution in [2.45, 2.75) is 12.8 Å². The Bertz CT molecular complexity index is 606. The first-order valence-corrected chi connectivity index (χ1v) is 7.90. The van der Waals surface area contributed by atoms with Gasteiger partial charge in [-0.05, 0) is 31.0 Å². The van der Waals surface area contributed by atoms with Gasteiger partial charge in [-0.25, -0.2) is 9.18 Å². The quantitative estimate of drug-likeness (QED) is 0.853. The normalized spacial score (nSPS) is 18.1. The van der Waals surface area contributed by atoms with E-state index in [1.54, 1.807) is 12.1 Å². The topological polar surface area (TPSA) is 55.9 Å². The average molecular weight is 320 g/mol. The van der Waals surface area contributed by atoms with Crippen molar-refractivity contribution in [1.82, 2.24) is 10.2 Å². The summed E-state index contributed by atoms with van der Waals surface area (Å²) in [5, 5.41) is 2.51. The predicted octanol–water partition coefficient (Wildman–Crippen LogP) is 1.41. The third-order valence-corrected chi connectivity index (χ3v) is 4.36. The SMILES string of the molecule is CN1CCCN(CCCN2C(=O)CNC2=O)c2cc(F)ccc21. The highest BCUT2D eigenvalue weighted by Gasteiger charge is 2.28. The van der Waals surface area contributed by atoms with Crippen molar-refractivity contribution in [3.8, 4) is 0 Å². The molecule has 3 rings (SSSR count). The summed E-state index contributed by atoms with van der Waals surface area (Å²) in [7, 11) is 2.01. The van der Waals surface area contributed by atoms with Gasteiger partial charge in [-0.1, -0.05) is 0 Å². The zero-order chi connectivity index (χ0) is 16.4. The van der Waals surface area contributed by atoms with E-state index in [4.69, 9.17) is 0 Å². The molecule has 2 aliphatic heterocycles. The molecule has 0 aromatic heterocycles. The smallest absolute Gasteiger partial charge is 0.324 e. The first kappa shape index (κ1) is 15.6. The van der Waals surface area contributed by atoms with Crippen LogP contribution in [0.2, 0.25) is 0 Å². The van der Waals surface area contributed by atoms with E-state index in [0.717, 1.165) is 30.9 Å². The van der Waals surface area contributed by atoms with Gasteiger partial charge in [0.05, 0.1) is 17.9 Å². The van der Waals surface area contributed by atoms with Crippen molar-refractivity contribution in [3.63, 3.8) is 0 Å². The van der Waals surface area contributed by atoms with Gasteiger partial charge < -0.3 is 15.1 Å². The molecule has 1 saturated heterocycles. The van der Waals surface area contributed by atoms with Crippen molar-refractivity contribution >= 4 is 23.3 Å². The van der Waals surface area contributed by atoms with Crippen LogP contribution >= 0.6 is 0 Å². The van der Waals surface area contributed by atoms with E-state index >= 15 is 0 Å². The number of benzene rings is 1. The van der Waals surface area contributed by atoms with E-state index in [-0.39, 0.29) is 24.3 Å². The Morgan fingerprint density at radius 1 is 1.17 bits per heavy atom. The fraction of sp³-hybridized carbons (Fsp3) is 0.500. The van der Waals surface area contributed by atoms with Crippen molar-refractivity contribution in [1.29, 1.82) is 0 Å². The molecule has 0 unspecified atom stereocenters. The number of anilines is 2. The molecule has 1 aromatic carbocycles. The van der Waals surface area contributed by atoms with Gasteiger partial charge in [0.25, 0.3) is 0 Å². The molecule has 0 atom stereocenters. The number of fused-ring (bicyclic) bond motifs is 1. The van der Waals surface area contributed by atoms with Crippen LogP contribution in [0.1, 0.15) is 12.8 Å². The van der Waals surface area contributed by atoms with Crippen LogP contribution in [-0.4, -0.2) is 56.6 Å². The Kier molecular flexibility index (Phi) is 4.36. The van der Waals surface area contributed by atoms with Gasteiger partial charge in [-0.15, -0.1) is 0 Å². The summed E-state index contributed by atoms with van der Waals surface area (Å²) in [5.74, 6) is -0.435. The molecule has 7 heteroatoms. The van der Waals surface area contributed by atoms with Gasteiger partial charge in [-0.3, -0.25) is 9.69 Å². The zero-order valence-corrected chi connectivity index (χ0v) is 13.2. The maximum atomic E-state index is 13.6. The van der Waals surface area contributed by atoms with Crippen molar-refractivity contribution in [2.24, 2.45) is 0 Å². The first-order valence-electron chi connectivity index (χ1n) is 7.90. The second kappa shape index (κ2) is 6.44. The third-order valence-electron chi connectivity index (χ3n) is 4.36. The van der Waals surface area contributed by atoms with Crippen LogP contribution in [0, 0.1) is 5.82 Å². The molecule has 6 nitrogen and oxygen atoms in total. The molecule has 2 aliphatic rings. The fourth-order valence-corrected chi connectivity index (χ4v) is 3.15. The molecule has 0 spiro atoms. The summed E-state index contributed by atoms with van der Waals surface area (Å²) >= 11 is 0. The Hall–Kier alpha value is -2.31. The molecule has 2 heterocycles. The highest BCUT2D eigenvalue weighted by atomic mass is 19.1. The predicted molar refractivity (Wildman–Crippen MR) is 86.2 cm³/mol. The minimum Gasteiger partial charge on any atom is -0.373 e. The summed E-state index contributed by atoms with van der Waals surface area (Å²) in [6.45, 7) is 2.91. The molecular formula is C16H21FN4O2. The fourth-order valence-electron chi connectivity index (χ4n) is 3.15. The number of imide groups is 1. The average Bonchev–Trinajstić information content (AvgIpc) is 2.75. The van der Waals surface area contributed by atoms with E-state index in [1.165, 1.54) is 11.0 Å². The molecule has 0 saturated carbocycles. The lowest BCUT2D eigenvalue weighted by molar-refractivity contribution is -0.125. The summed E-state index contributed by atoms with van der Waals surface area (Å²) < 4.78 is 13.6. The summed E-state index contributed by atoms with van der Waals surface area (Å²) in [6.07, 6.45) is 1.65. The van der Waals surface area contributed by atoms with Crippen LogP contribution < -0.4 is 15.1 Å². The van der Waals surface area contributed by atoms with Gasteiger partial charge in [0.1, 0.15) is 5.82 Å². The lowest BCUT2D eigenvalue weighted by atomic mass is 10.2. The number of hydrogen-bond acceptors (Lipinski definition) is 4. The van der Waals surface area contributed by atoms with E-state index < -0.39 is 0 Å². The third kappa shape index (κ3) is 3.23. The van der Waals surface area contributed by atoms with Gasteiger partial charge in [-0.2, -0.15) is 0 Å². The standard InChI is InChI=1S/C16H21FN4O2/c1-19-6-2-7-20(14-10-12(17)4-5-13(14)19)8-3-9-21-15(22)11-18-16(21)23/h4-5,10H,2-3,6-9,11H2,1H3,(H,18,23). The number of amides is 3. The number of carbonyl (C=O) groups excluding carboxylic acids is 2. The van der Waals surface area contributed by atoms with Crippen LogP contribution in [0.4, 0.5) is 20.6 Å². The minimum atomic E-state index is -0.322. The molecule has 1 aromatic rings. The van der Waals surface area contributed by atoms with Crippen LogP contribution in [-0.2, 0) is 4.79 Å². The number of hydrogen-bond donors (Lipinski definition) is 1. The molecule has 0 aliphatic carbocycles. The van der Waals surface area contributed by atoms with E-state index in [0.29, 0.717) is 19.5 Å². The lowest BCUT2D eigenvalue weighted by Crippen LogP contribution is -2.34. The zero-order valence-electron chi connectivity index (χ0n) is 13.2. The Morgan fingerprint density at radius 2 is 2.00 bits per heavy atom. The van der Waals surface area contributed by atoms with Crippen molar-refractivity contribution < 1.29 is 14.0 Å². The minimum absolute atomic E-state index is 0.0847. The summed E-state index contributed by atoms with van der Waals surface area (Å²) in [4.78, 5) is 28.6. The lowest BCUT2D eigenvalue weighted by Gasteiger charge is -2.26. The molecular weight excluding hydrogens is 299 g/mol. The molecule has 23 heavy (non-hydrogen) atoms. The number of halogens is 1. The van der Waals surface area contributed by atoms with Gasteiger partial charge in [0, 0.05) is 33.2 Å². The molecule has 1 fully saturated rings. The maximum absolute atomic E-state index is 13.6. The van der Waals surface area contributed by atoms with Gasteiger partial charge in [0.2, 0.25) is 5.91 Å². The maximum Gasteiger partial charge on any atom is 0.324 e. The highest BCUT2D eigenvalue weighted by Crippen LogP contribution is 2.32. The monoisotopic (exact) mass is 320 g/mol. The number of urea groups is 1. The van der Waals surface area contributed by atoms with E-state index in [2.05, 4.69) is 15.1 Å². The number of nitrogens with zero attached hydrogens (tertiary/aromatic N) is 3. The molecule has 0 bridgehead atoms. The molecule has 124 valence electrons. The molecule has 0 radical (unpaired) electrons.